The van der Waals surface area contributed by atoms with Gasteiger partial charge in [0.1, 0.15) is 5.82 Å². The summed E-state index contributed by atoms with van der Waals surface area (Å²) in [6, 6.07) is 7.68. The number of nitrogens with one attached hydrogen (secondary N) is 2. The zero-order valence-corrected chi connectivity index (χ0v) is 16.6. The minimum absolute atomic E-state index is 0.372. The Morgan fingerprint density at radius 3 is 2.67 bits per heavy atom. The summed E-state index contributed by atoms with van der Waals surface area (Å²) in [5.74, 6) is 0.296. The highest BCUT2D eigenvalue weighted by molar-refractivity contribution is 5.89. The van der Waals surface area contributed by atoms with Gasteiger partial charge in [-0.1, -0.05) is 0 Å². The van der Waals surface area contributed by atoms with E-state index in [1.54, 1.807) is 24.7 Å². The molecular weight excluding hydrogens is 381 g/mol. The Morgan fingerprint density at radius 2 is 1.90 bits per heavy atom. The Labute approximate surface area is 173 Å². The van der Waals surface area contributed by atoms with Crippen molar-refractivity contribution in [2.75, 3.05) is 25.5 Å². The number of pyridine rings is 3. The summed E-state index contributed by atoms with van der Waals surface area (Å²) in [6.07, 6.45) is 8.35. The highest BCUT2D eigenvalue weighted by Gasteiger charge is 2.20. The molecule has 30 heavy (non-hydrogen) atoms. The number of likely N-dealkylation sites (tertiary alicyclic amines) is 1. The Morgan fingerprint density at radius 1 is 1.07 bits per heavy atom. The number of hydrogen-bond acceptors (Lipinski definition) is 6. The number of halogens is 1. The van der Waals surface area contributed by atoms with E-state index in [0.717, 1.165) is 37.0 Å². The number of hydrogen-bond donors (Lipinski definition) is 2. The summed E-state index contributed by atoms with van der Waals surface area (Å²) in [5, 5.41) is 3.49. The molecule has 1 fully saturated rings. The van der Waals surface area contributed by atoms with Gasteiger partial charge in [-0.3, -0.25) is 9.97 Å². The van der Waals surface area contributed by atoms with Crippen LogP contribution in [0.15, 0.2) is 49.1 Å². The predicted molar refractivity (Wildman–Crippen MR) is 114 cm³/mol. The molecule has 1 saturated heterocycles. The third-order valence-electron chi connectivity index (χ3n) is 5.53. The fourth-order valence-electron chi connectivity index (χ4n) is 3.88. The van der Waals surface area contributed by atoms with E-state index in [1.807, 2.05) is 18.2 Å². The first-order valence-electron chi connectivity index (χ1n) is 10.0. The number of rotatable bonds is 4. The van der Waals surface area contributed by atoms with Crippen LogP contribution in [0, 0.1) is 5.82 Å². The third-order valence-corrected chi connectivity index (χ3v) is 5.53. The van der Waals surface area contributed by atoms with Crippen molar-refractivity contribution in [3.8, 4) is 22.4 Å². The molecule has 0 aromatic carbocycles. The van der Waals surface area contributed by atoms with E-state index in [4.69, 9.17) is 4.98 Å². The maximum absolute atomic E-state index is 14.6. The molecule has 0 atom stereocenters. The molecule has 152 valence electrons. The molecule has 7 nitrogen and oxygen atoms in total. The second-order valence-corrected chi connectivity index (χ2v) is 7.66. The summed E-state index contributed by atoms with van der Waals surface area (Å²) in [4.78, 5) is 23.1. The van der Waals surface area contributed by atoms with Crippen molar-refractivity contribution < 1.29 is 4.39 Å². The van der Waals surface area contributed by atoms with Gasteiger partial charge < -0.3 is 15.2 Å². The van der Waals surface area contributed by atoms with Crippen molar-refractivity contribution >= 4 is 17.1 Å². The predicted octanol–water partition coefficient (Wildman–Crippen LogP) is 3.73. The number of anilines is 1. The van der Waals surface area contributed by atoms with E-state index in [1.165, 1.54) is 6.20 Å². The molecule has 0 unspecified atom stereocenters. The van der Waals surface area contributed by atoms with E-state index in [0.29, 0.717) is 34.5 Å². The first-order chi connectivity index (χ1) is 14.7. The van der Waals surface area contributed by atoms with Crippen LogP contribution in [0.3, 0.4) is 0 Å². The standard InChI is InChI=1S/C22H22FN7/c1-30-9-5-15(6-10-30)26-22-27-19-11-17(16-4-8-25-13-18(16)23)20(28-21(19)29-22)14-3-2-7-24-12-14/h2-4,7-8,11-13,15H,5-6,9-10H2,1H3,(H2,26,27,28,29). The summed E-state index contributed by atoms with van der Waals surface area (Å²) in [6.45, 7) is 2.12. The molecule has 1 aliphatic heterocycles. The monoisotopic (exact) mass is 403 g/mol. The molecule has 0 amide bonds. The fourth-order valence-corrected chi connectivity index (χ4v) is 3.88. The van der Waals surface area contributed by atoms with Gasteiger partial charge in [0, 0.05) is 41.3 Å². The van der Waals surface area contributed by atoms with E-state index in [-0.39, 0.29) is 0 Å². The third kappa shape index (κ3) is 3.61. The molecule has 2 N–H and O–H groups in total. The van der Waals surface area contributed by atoms with Crippen LogP contribution >= 0.6 is 0 Å². The zero-order valence-electron chi connectivity index (χ0n) is 16.6. The van der Waals surface area contributed by atoms with Gasteiger partial charge in [-0.05, 0) is 57.2 Å². The molecule has 0 spiro atoms. The van der Waals surface area contributed by atoms with Crippen LogP contribution in [0.2, 0.25) is 0 Å². The molecule has 8 heteroatoms. The van der Waals surface area contributed by atoms with Crippen molar-refractivity contribution in [3.63, 3.8) is 0 Å². The van der Waals surface area contributed by atoms with Crippen LogP contribution < -0.4 is 5.32 Å². The highest BCUT2D eigenvalue weighted by atomic mass is 19.1. The quantitative estimate of drug-likeness (QED) is 0.540. The van der Waals surface area contributed by atoms with Gasteiger partial charge in [0.2, 0.25) is 5.95 Å². The van der Waals surface area contributed by atoms with Crippen LogP contribution in [0.4, 0.5) is 10.3 Å². The summed E-state index contributed by atoms with van der Waals surface area (Å²) in [7, 11) is 2.14. The lowest BCUT2D eigenvalue weighted by Gasteiger charge is -2.29. The van der Waals surface area contributed by atoms with E-state index in [2.05, 4.69) is 37.2 Å². The van der Waals surface area contributed by atoms with Crippen LogP contribution in [0.25, 0.3) is 33.5 Å². The average Bonchev–Trinajstić information content (AvgIpc) is 3.17. The van der Waals surface area contributed by atoms with Gasteiger partial charge in [-0.25, -0.2) is 9.37 Å². The second-order valence-electron chi connectivity index (χ2n) is 7.66. The van der Waals surface area contributed by atoms with E-state index >= 15 is 0 Å². The molecule has 0 radical (unpaired) electrons. The number of H-pyrrole nitrogens is 1. The molecule has 1 aliphatic rings. The summed E-state index contributed by atoms with van der Waals surface area (Å²) < 4.78 is 14.6. The van der Waals surface area contributed by atoms with Crippen molar-refractivity contribution in [1.82, 2.24) is 29.8 Å². The minimum atomic E-state index is -0.395. The number of aromatic amines is 1. The van der Waals surface area contributed by atoms with Crippen molar-refractivity contribution in [3.05, 3.63) is 54.9 Å². The lowest BCUT2D eigenvalue weighted by atomic mass is 10.0. The first kappa shape index (κ1) is 18.6. The molecule has 0 bridgehead atoms. The Bertz CT molecular complexity index is 1170. The molecule has 4 aromatic rings. The summed E-state index contributed by atoms with van der Waals surface area (Å²) >= 11 is 0. The number of aromatic nitrogens is 5. The number of piperidine rings is 1. The second kappa shape index (κ2) is 7.79. The van der Waals surface area contributed by atoms with Gasteiger partial charge in [-0.15, -0.1) is 0 Å². The Kier molecular flexibility index (Phi) is 4.84. The first-order valence-corrected chi connectivity index (χ1v) is 10.0. The van der Waals surface area contributed by atoms with Gasteiger partial charge >= 0.3 is 0 Å². The topological polar surface area (TPSA) is 82.6 Å². The van der Waals surface area contributed by atoms with Crippen molar-refractivity contribution in [2.24, 2.45) is 0 Å². The van der Waals surface area contributed by atoms with Gasteiger partial charge in [0.15, 0.2) is 5.65 Å². The molecule has 4 aromatic heterocycles. The average molecular weight is 403 g/mol. The van der Waals surface area contributed by atoms with Gasteiger partial charge in [0.25, 0.3) is 0 Å². The highest BCUT2D eigenvalue weighted by Crippen LogP contribution is 2.34. The molecule has 0 saturated carbocycles. The molecular formula is C22H22FN7. The maximum atomic E-state index is 14.6. The van der Waals surface area contributed by atoms with Crippen LogP contribution in [-0.4, -0.2) is 56.0 Å². The summed E-state index contributed by atoms with van der Waals surface area (Å²) in [5.41, 5.74) is 3.89. The largest absolute Gasteiger partial charge is 0.353 e. The maximum Gasteiger partial charge on any atom is 0.202 e. The fraction of sp³-hybridized carbons (Fsp3) is 0.273. The normalized spacial score (nSPS) is 15.5. The van der Waals surface area contributed by atoms with Crippen molar-refractivity contribution in [1.29, 1.82) is 0 Å². The molecule has 5 heterocycles. The number of nitrogens with zero attached hydrogens (tertiary/aromatic N) is 5. The lowest BCUT2D eigenvalue weighted by Crippen LogP contribution is -2.36. The number of fused-ring (bicyclic) bond motifs is 1. The molecule has 0 aliphatic carbocycles. The number of imidazole rings is 1. The SMILES string of the molecule is CN1CCC(Nc2nc3nc(-c4cccnc4)c(-c4ccncc4F)cc3[nH]2)CC1. The van der Waals surface area contributed by atoms with Crippen LogP contribution in [0.1, 0.15) is 12.8 Å². The Balaban J connectivity index is 1.58. The zero-order chi connectivity index (χ0) is 20.5. The van der Waals surface area contributed by atoms with Gasteiger partial charge in [-0.2, -0.15) is 4.98 Å². The van der Waals surface area contributed by atoms with Crippen LogP contribution in [0.5, 0.6) is 0 Å². The lowest BCUT2D eigenvalue weighted by molar-refractivity contribution is 0.263. The Hall–Kier alpha value is -3.39. The van der Waals surface area contributed by atoms with E-state index < -0.39 is 5.82 Å². The molecule has 5 rings (SSSR count). The van der Waals surface area contributed by atoms with Gasteiger partial charge in [0.05, 0.1) is 17.4 Å². The van der Waals surface area contributed by atoms with Crippen molar-refractivity contribution in [2.45, 2.75) is 18.9 Å². The smallest absolute Gasteiger partial charge is 0.202 e. The van der Waals surface area contributed by atoms with E-state index in [9.17, 15) is 4.39 Å². The minimum Gasteiger partial charge on any atom is -0.353 e. The van der Waals surface area contributed by atoms with Crippen LogP contribution in [-0.2, 0) is 0 Å².